The Labute approximate surface area is 322 Å². The van der Waals surface area contributed by atoms with E-state index < -0.39 is 5.41 Å². The van der Waals surface area contributed by atoms with Gasteiger partial charge in [0.05, 0.1) is 28.3 Å². The van der Waals surface area contributed by atoms with E-state index in [9.17, 15) is 0 Å². The van der Waals surface area contributed by atoms with Gasteiger partial charge in [-0.25, -0.2) is 4.98 Å². The summed E-state index contributed by atoms with van der Waals surface area (Å²) in [4.78, 5) is 10.6. The van der Waals surface area contributed by atoms with Gasteiger partial charge in [-0.1, -0.05) is 146 Å². The minimum Gasteiger partial charge on any atom is -0.455 e. The Bertz CT molecular complexity index is 3400. The highest BCUT2D eigenvalue weighted by molar-refractivity contribution is 6.23. The van der Waals surface area contributed by atoms with Gasteiger partial charge >= 0.3 is 0 Å². The maximum atomic E-state index is 6.59. The lowest BCUT2D eigenvalue weighted by Crippen LogP contribution is -2.28. The Morgan fingerprint density at radius 2 is 1.14 bits per heavy atom. The van der Waals surface area contributed by atoms with E-state index in [1.165, 1.54) is 55.3 Å². The van der Waals surface area contributed by atoms with E-state index >= 15 is 0 Å². The van der Waals surface area contributed by atoms with Crippen LogP contribution >= 0.6 is 0 Å². The van der Waals surface area contributed by atoms with Crippen molar-refractivity contribution in [2.45, 2.75) is 18.3 Å². The molecule has 10 aromatic rings. The summed E-state index contributed by atoms with van der Waals surface area (Å²) in [6, 6.07) is 55.3. The molecule has 0 saturated carbocycles. The van der Waals surface area contributed by atoms with Crippen LogP contribution in [0.4, 0.5) is 0 Å². The van der Waals surface area contributed by atoms with Crippen LogP contribution in [0.5, 0.6) is 0 Å². The Morgan fingerprint density at radius 1 is 0.500 bits per heavy atom. The minimum absolute atomic E-state index is 0.442. The molecule has 0 N–H and O–H groups in total. The quantitative estimate of drug-likeness (QED) is 0.168. The number of furan rings is 1. The molecular weight excluding hydrogens is 681 g/mol. The summed E-state index contributed by atoms with van der Waals surface area (Å²) in [7, 11) is 0. The van der Waals surface area contributed by atoms with Crippen molar-refractivity contribution in [2.24, 2.45) is 0 Å². The van der Waals surface area contributed by atoms with Crippen molar-refractivity contribution in [3.05, 3.63) is 198 Å². The fourth-order valence-electron chi connectivity index (χ4n) is 10.5. The van der Waals surface area contributed by atoms with E-state index in [1.54, 1.807) is 0 Å². The van der Waals surface area contributed by atoms with Gasteiger partial charge in [0.25, 0.3) is 0 Å². The van der Waals surface area contributed by atoms with Gasteiger partial charge in [0.2, 0.25) is 0 Å². The van der Waals surface area contributed by atoms with E-state index in [1.807, 2.05) is 12.3 Å². The normalized spacial score (nSPS) is 16.7. The third kappa shape index (κ3) is 3.82. The number of para-hydroxylation sites is 2. The first-order chi connectivity index (χ1) is 27.8. The molecule has 3 nitrogen and oxygen atoms in total. The first-order valence-corrected chi connectivity index (χ1v) is 19.5. The second-order valence-electron chi connectivity index (χ2n) is 15.5. The summed E-state index contributed by atoms with van der Waals surface area (Å²) in [5, 5.41) is 6.95. The van der Waals surface area contributed by atoms with E-state index in [0.29, 0.717) is 0 Å². The first-order valence-electron chi connectivity index (χ1n) is 19.5. The molecule has 8 aromatic carbocycles. The fourth-order valence-corrected chi connectivity index (χ4v) is 10.5. The predicted octanol–water partition coefficient (Wildman–Crippen LogP) is 13.6. The summed E-state index contributed by atoms with van der Waals surface area (Å²) in [5.41, 5.74) is 18.3. The molecule has 1 unspecified atom stereocenters. The van der Waals surface area contributed by atoms with Crippen LogP contribution < -0.4 is 0 Å². The van der Waals surface area contributed by atoms with Crippen molar-refractivity contribution in [1.29, 1.82) is 0 Å². The van der Waals surface area contributed by atoms with Crippen LogP contribution in [-0.4, -0.2) is 9.97 Å². The smallest absolute Gasteiger partial charge is 0.143 e. The number of benzene rings is 8. The molecule has 0 aliphatic heterocycles. The van der Waals surface area contributed by atoms with Crippen LogP contribution in [0, 0.1) is 0 Å². The highest BCUT2D eigenvalue weighted by Crippen LogP contribution is 2.64. The number of hydrogen-bond acceptors (Lipinski definition) is 3. The lowest BCUT2D eigenvalue weighted by Gasteiger charge is -2.34. The summed E-state index contributed by atoms with van der Waals surface area (Å²) < 4.78 is 6.59. The highest BCUT2D eigenvalue weighted by atomic mass is 16.3. The Kier molecular flexibility index (Phi) is 5.94. The monoisotopic (exact) mass is 712 g/mol. The van der Waals surface area contributed by atoms with E-state index in [0.717, 1.165) is 79.0 Å². The molecule has 1 atom stereocenters. The summed E-state index contributed by atoms with van der Waals surface area (Å²) in [6.07, 6.45) is 8.72. The largest absolute Gasteiger partial charge is 0.455 e. The van der Waals surface area contributed by atoms with Gasteiger partial charge in [-0.2, -0.15) is 0 Å². The second-order valence-corrected chi connectivity index (χ2v) is 15.5. The van der Waals surface area contributed by atoms with Crippen LogP contribution in [0.1, 0.15) is 35.1 Å². The maximum absolute atomic E-state index is 6.59. The number of hydrogen-bond donors (Lipinski definition) is 0. The molecule has 0 radical (unpaired) electrons. The van der Waals surface area contributed by atoms with Gasteiger partial charge in [-0.3, -0.25) is 4.98 Å². The molecule has 3 aliphatic carbocycles. The average Bonchev–Trinajstić information content (AvgIpc) is 3.90. The maximum Gasteiger partial charge on any atom is 0.143 e. The van der Waals surface area contributed by atoms with Crippen molar-refractivity contribution in [3.8, 4) is 33.5 Å². The first kappa shape index (κ1) is 30.3. The zero-order valence-electron chi connectivity index (χ0n) is 30.4. The number of aromatic nitrogens is 2. The van der Waals surface area contributed by atoms with Gasteiger partial charge in [-0.05, 0) is 91.9 Å². The molecule has 260 valence electrons. The SMILES string of the molecule is C1=CC2=C(CC1)C1(c3ccccc32)c2cc(-c3cnc4c5ccccc5c5ccccc5c4n3)ccc2-c2ccc(-c3cccc4c3oc3ccccc34)cc21. The van der Waals surface area contributed by atoms with Gasteiger partial charge < -0.3 is 4.42 Å². The molecule has 56 heavy (non-hydrogen) atoms. The van der Waals surface area contributed by atoms with E-state index in [-0.39, 0.29) is 0 Å². The standard InChI is InChI=1S/C53H32N2O/c1-3-17-41-34(12-1)35-13-2-4-18-42(35)51-50(41)54-30-48(55-51)32-25-27-39-38-26-24-31(33-19-11-20-43-40-16-7-10-23-49(40)56-52(33)43)28-46(38)53(47(39)29-32)44-21-8-5-14-36(44)37-15-6-9-22-45(37)53/h1-8,10-21,23-30H,9,22H2. The zero-order chi connectivity index (χ0) is 36.5. The molecule has 1 spiro atoms. The van der Waals surface area contributed by atoms with Crippen molar-refractivity contribution < 1.29 is 4.42 Å². The van der Waals surface area contributed by atoms with Crippen LogP contribution in [0.3, 0.4) is 0 Å². The highest BCUT2D eigenvalue weighted by Gasteiger charge is 2.52. The van der Waals surface area contributed by atoms with Crippen molar-refractivity contribution >= 4 is 60.1 Å². The van der Waals surface area contributed by atoms with Crippen LogP contribution in [-0.2, 0) is 5.41 Å². The van der Waals surface area contributed by atoms with Crippen LogP contribution in [0.15, 0.2) is 180 Å². The molecular formula is C53H32N2O. The molecule has 2 heterocycles. The molecule has 2 aromatic heterocycles. The van der Waals surface area contributed by atoms with E-state index in [2.05, 4.69) is 158 Å². The minimum atomic E-state index is -0.442. The summed E-state index contributed by atoms with van der Waals surface area (Å²) in [5.74, 6) is 0. The fraction of sp³-hybridized carbons (Fsp3) is 0.0566. The molecule has 0 bridgehead atoms. The predicted molar refractivity (Wildman–Crippen MR) is 230 cm³/mol. The van der Waals surface area contributed by atoms with Crippen molar-refractivity contribution in [1.82, 2.24) is 9.97 Å². The van der Waals surface area contributed by atoms with Gasteiger partial charge in [0, 0.05) is 32.7 Å². The molecule has 0 fully saturated rings. The zero-order valence-corrected chi connectivity index (χ0v) is 30.4. The Hall–Kier alpha value is -7.10. The Balaban J connectivity index is 1.07. The molecule has 0 saturated heterocycles. The van der Waals surface area contributed by atoms with E-state index in [4.69, 9.17) is 14.4 Å². The van der Waals surface area contributed by atoms with Crippen LogP contribution in [0.25, 0.3) is 93.6 Å². The number of fused-ring (bicyclic) bond motifs is 18. The third-order valence-corrected chi connectivity index (χ3v) is 12.8. The topological polar surface area (TPSA) is 38.9 Å². The second kappa shape index (κ2) is 11.0. The molecule has 13 rings (SSSR count). The molecule has 3 heteroatoms. The number of allylic oxidation sites excluding steroid dienone is 4. The van der Waals surface area contributed by atoms with Gasteiger partial charge in [0.1, 0.15) is 11.2 Å². The van der Waals surface area contributed by atoms with Crippen molar-refractivity contribution in [2.75, 3.05) is 0 Å². The molecule has 0 amide bonds. The number of rotatable bonds is 2. The summed E-state index contributed by atoms with van der Waals surface area (Å²) in [6.45, 7) is 0. The lowest BCUT2D eigenvalue weighted by atomic mass is 9.67. The lowest BCUT2D eigenvalue weighted by molar-refractivity contribution is 0.670. The van der Waals surface area contributed by atoms with Crippen LogP contribution in [0.2, 0.25) is 0 Å². The number of nitrogens with zero attached hydrogens (tertiary/aromatic N) is 2. The van der Waals surface area contributed by atoms with Gasteiger partial charge in [-0.15, -0.1) is 0 Å². The summed E-state index contributed by atoms with van der Waals surface area (Å²) >= 11 is 0. The Morgan fingerprint density at radius 3 is 1.96 bits per heavy atom. The molecule has 3 aliphatic rings. The average molecular weight is 713 g/mol. The van der Waals surface area contributed by atoms with Crippen molar-refractivity contribution in [3.63, 3.8) is 0 Å². The third-order valence-electron chi connectivity index (χ3n) is 12.8. The van der Waals surface area contributed by atoms with Gasteiger partial charge in [0.15, 0.2) is 0 Å².